The van der Waals surface area contributed by atoms with Crippen LogP contribution in [0, 0.1) is 0 Å². The van der Waals surface area contributed by atoms with Crippen molar-refractivity contribution in [2.24, 2.45) is 0 Å². The molecular formula is C15H15N3O2. The Labute approximate surface area is 117 Å². The van der Waals surface area contributed by atoms with Crippen molar-refractivity contribution in [3.8, 4) is 0 Å². The number of hydrogen-bond donors (Lipinski definition) is 2. The molecule has 0 spiro atoms. The van der Waals surface area contributed by atoms with Crippen LogP contribution >= 0.6 is 0 Å². The number of likely N-dealkylation sites (N-methyl/N-ethyl adjacent to an activating group) is 1. The summed E-state index contributed by atoms with van der Waals surface area (Å²) < 4.78 is 0. The first-order valence-corrected chi connectivity index (χ1v) is 6.20. The van der Waals surface area contributed by atoms with Gasteiger partial charge in [-0.1, -0.05) is 30.3 Å². The molecule has 20 heavy (non-hydrogen) atoms. The van der Waals surface area contributed by atoms with Gasteiger partial charge >= 0.3 is 0 Å². The summed E-state index contributed by atoms with van der Waals surface area (Å²) in [6, 6.07) is 11.6. The van der Waals surface area contributed by atoms with Crippen LogP contribution in [0.2, 0.25) is 0 Å². The molecule has 2 N–H and O–H groups in total. The monoisotopic (exact) mass is 269 g/mol. The number of hydrogen-bond acceptors (Lipinski definition) is 3. The SMILES string of the molecule is CNC(=O)[C@H](NC(=O)c1ccncc1)c1ccccc1. The molecule has 0 saturated heterocycles. The van der Waals surface area contributed by atoms with Crippen LogP contribution in [0.25, 0.3) is 0 Å². The number of carbonyl (C=O) groups is 2. The molecule has 1 heterocycles. The Bertz CT molecular complexity index is 585. The highest BCUT2D eigenvalue weighted by atomic mass is 16.2. The van der Waals surface area contributed by atoms with Crippen LogP contribution in [0.15, 0.2) is 54.9 Å². The molecule has 0 fully saturated rings. The van der Waals surface area contributed by atoms with Gasteiger partial charge in [-0.15, -0.1) is 0 Å². The summed E-state index contributed by atoms with van der Waals surface area (Å²) in [5.74, 6) is -0.580. The highest BCUT2D eigenvalue weighted by Crippen LogP contribution is 2.13. The lowest BCUT2D eigenvalue weighted by Gasteiger charge is -2.17. The van der Waals surface area contributed by atoms with Crippen molar-refractivity contribution in [2.45, 2.75) is 6.04 Å². The lowest BCUT2D eigenvalue weighted by Crippen LogP contribution is -2.39. The van der Waals surface area contributed by atoms with Crippen LogP contribution < -0.4 is 10.6 Å². The Morgan fingerprint density at radius 2 is 1.70 bits per heavy atom. The lowest BCUT2D eigenvalue weighted by atomic mass is 10.1. The van der Waals surface area contributed by atoms with Crippen LogP contribution in [0.3, 0.4) is 0 Å². The molecule has 0 aliphatic carbocycles. The van der Waals surface area contributed by atoms with E-state index in [9.17, 15) is 9.59 Å². The van der Waals surface area contributed by atoms with Gasteiger partial charge in [0.25, 0.3) is 5.91 Å². The Balaban J connectivity index is 2.21. The molecule has 0 aliphatic heterocycles. The van der Waals surface area contributed by atoms with Gasteiger partial charge in [0.05, 0.1) is 0 Å². The molecule has 5 heteroatoms. The molecule has 1 aromatic carbocycles. The Hall–Kier alpha value is -2.69. The molecule has 0 saturated carbocycles. The van der Waals surface area contributed by atoms with Crippen molar-refractivity contribution in [2.75, 3.05) is 7.05 Å². The predicted octanol–water partition coefficient (Wildman–Crippen LogP) is 1.30. The molecule has 2 aromatic rings. The maximum atomic E-state index is 12.1. The van der Waals surface area contributed by atoms with E-state index in [2.05, 4.69) is 15.6 Å². The molecule has 0 unspecified atom stereocenters. The number of aromatic nitrogens is 1. The van der Waals surface area contributed by atoms with Crippen molar-refractivity contribution in [3.05, 3.63) is 66.0 Å². The van der Waals surface area contributed by atoms with E-state index in [1.807, 2.05) is 18.2 Å². The molecule has 0 aliphatic rings. The third kappa shape index (κ3) is 3.20. The van der Waals surface area contributed by atoms with Gasteiger partial charge in [-0.05, 0) is 17.7 Å². The Kier molecular flexibility index (Phi) is 4.44. The largest absolute Gasteiger partial charge is 0.357 e. The fourth-order valence-corrected chi connectivity index (χ4v) is 1.81. The normalized spacial score (nSPS) is 11.4. The van der Waals surface area contributed by atoms with E-state index in [1.165, 1.54) is 19.4 Å². The third-order valence-corrected chi connectivity index (χ3v) is 2.86. The second-order valence-corrected chi connectivity index (χ2v) is 4.17. The first-order chi connectivity index (χ1) is 9.72. The van der Waals surface area contributed by atoms with Gasteiger partial charge in [-0.3, -0.25) is 14.6 Å². The number of amides is 2. The Morgan fingerprint density at radius 3 is 2.30 bits per heavy atom. The second-order valence-electron chi connectivity index (χ2n) is 4.17. The van der Waals surface area contributed by atoms with Crippen molar-refractivity contribution in [3.63, 3.8) is 0 Å². The smallest absolute Gasteiger partial charge is 0.252 e. The maximum Gasteiger partial charge on any atom is 0.252 e. The van der Waals surface area contributed by atoms with Gasteiger partial charge in [0.2, 0.25) is 5.91 Å². The molecule has 1 aromatic heterocycles. The van der Waals surface area contributed by atoms with E-state index in [1.54, 1.807) is 24.3 Å². The third-order valence-electron chi connectivity index (χ3n) is 2.86. The van der Waals surface area contributed by atoms with Crippen LogP contribution in [0.1, 0.15) is 22.0 Å². The predicted molar refractivity (Wildman–Crippen MR) is 75.0 cm³/mol. The molecule has 0 bridgehead atoms. The number of rotatable bonds is 4. The van der Waals surface area contributed by atoms with E-state index in [0.29, 0.717) is 5.56 Å². The zero-order valence-corrected chi connectivity index (χ0v) is 11.0. The van der Waals surface area contributed by atoms with E-state index < -0.39 is 6.04 Å². The summed E-state index contributed by atoms with van der Waals surface area (Å²) in [5, 5.41) is 5.28. The molecule has 2 amide bonds. The quantitative estimate of drug-likeness (QED) is 0.878. The average molecular weight is 269 g/mol. The van der Waals surface area contributed by atoms with Crippen LogP contribution in [-0.4, -0.2) is 23.8 Å². The molecular weight excluding hydrogens is 254 g/mol. The minimum absolute atomic E-state index is 0.265. The lowest BCUT2D eigenvalue weighted by molar-refractivity contribution is -0.122. The fourth-order valence-electron chi connectivity index (χ4n) is 1.81. The topological polar surface area (TPSA) is 71.1 Å². The number of nitrogens with zero attached hydrogens (tertiary/aromatic N) is 1. The van der Waals surface area contributed by atoms with Gasteiger partial charge in [-0.25, -0.2) is 0 Å². The maximum absolute atomic E-state index is 12.1. The number of carbonyl (C=O) groups excluding carboxylic acids is 2. The zero-order valence-electron chi connectivity index (χ0n) is 11.0. The Morgan fingerprint density at radius 1 is 1.05 bits per heavy atom. The first kappa shape index (κ1) is 13.7. The summed E-state index contributed by atoms with van der Waals surface area (Å²) in [5.41, 5.74) is 1.19. The van der Waals surface area contributed by atoms with E-state index in [0.717, 1.165) is 5.56 Å². The van der Waals surface area contributed by atoms with Crippen molar-refractivity contribution < 1.29 is 9.59 Å². The van der Waals surface area contributed by atoms with Gasteiger partial charge < -0.3 is 10.6 Å². The molecule has 5 nitrogen and oxygen atoms in total. The second kappa shape index (κ2) is 6.47. The van der Waals surface area contributed by atoms with Gasteiger partial charge in [0.15, 0.2) is 0 Å². The van der Waals surface area contributed by atoms with Crippen molar-refractivity contribution in [1.29, 1.82) is 0 Å². The fraction of sp³-hybridized carbons (Fsp3) is 0.133. The summed E-state index contributed by atoms with van der Waals surface area (Å²) in [6.45, 7) is 0. The van der Waals surface area contributed by atoms with Crippen LogP contribution in [-0.2, 0) is 4.79 Å². The minimum atomic E-state index is -0.720. The molecule has 102 valence electrons. The molecule has 0 radical (unpaired) electrons. The van der Waals surface area contributed by atoms with E-state index >= 15 is 0 Å². The summed E-state index contributed by atoms with van der Waals surface area (Å²) in [7, 11) is 1.54. The number of benzene rings is 1. The first-order valence-electron chi connectivity index (χ1n) is 6.20. The highest BCUT2D eigenvalue weighted by Gasteiger charge is 2.21. The number of pyridine rings is 1. The summed E-state index contributed by atoms with van der Waals surface area (Å²) in [6.07, 6.45) is 3.07. The van der Waals surface area contributed by atoms with Crippen molar-refractivity contribution in [1.82, 2.24) is 15.6 Å². The summed E-state index contributed by atoms with van der Waals surface area (Å²) in [4.78, 5) is 27.9. The molecule has 1 atom stereocenters. The van der Waals surface area contributed by atoms with E-state index in [4.69, 9.17) is 0 Å². The van der Waals surface area contributed by atoms with Crippen LogP contribution in [0.4, 0.5) is 0 Å². The number of nitrogens with one attached hydrogen (secondary N) is 2. The average Bonchev–Trinajstić information content (AvgIpc) is 2.53. The standard InChI is InChI=1S/C15H15N3O2/c1-16-15(20)13(11-5-3-2-4-6-11)18-14(19)12-7-9-17-10-8-12/h2-10,13H,1H3,(H,16,20)(H,18,19)/t13-/m1/s1. The zero-order chi connectivity index (χ0) is 14.4. The van der Waals surface area contributed by atoms with Crippen LogP contribution in [0.5, 0.6) is 0 Å². The van der Waals surface area contributed by atoms with Gasteiger partial charge in [-0.2, -0.15) is 0 Å². The van der Waals surface area contributed by atoms with Crippen molar-refractivity contribution >= 4 is 11.8 Å². The molecule has 2 rings (SSSR count). The van der Waals surface area contributed by atoms with Gasteiger partial charge in [0.1, 0.15) is 6.04 Å². The minimum Gasteiger partial charge on any atom is -0.357 e. The highest BCUT2D eigenvalue weighted by molar-refractivity contribution is 5.97. The van der Waals surface area contributed by atoms with Gasteiger partial charge in [0, 0.05) is 25.0 Å². The summed E-state index contributed by atoms with van der Waals surface area (Å²) >= 11 is 0. The van der Waals surface area contributed by atoms with E-state index in [-0.39, 0.29) is 11.8 Å².